The quantitative estimate of drug-likeness (QED) is 0.481. The molecule has 0 aliphatic carbocycles. The molecule has 0 heterocycles. The van der Waals surface area contributed by atoms with Crippen LogP contribution in [-0.4, -0.2) is 5.11 Å². The molecular formula is C20H34O. The van der Waals surface area contributed by atoms with E-state index in [0.717, 1.165) is 25.7 Å². The zero-order chi connectivity index (χ0) is 15.5. The Kier molecular flexibility index (Phi) is 9.21. The first-order chi connectivity index (χ1) is 10.2. The maximum atomic E-state index is 10.3. The molecule has 0 saturated carbocycles. The van der Waals surface area contributed by atoms with Crippen molar-refractivity contribution in [3.8, 4) is 5.75 Å². The van der Waals surface area contributed by atoms with Crippen molar-refractivity contribution in [1.82, 2.24) is 0 Å². The topological polar surface area (TPSA) is 20.2 Å². The van der Waals surface area contributed by atoms with Gasteiger partial charge in [-0.05, 0) is 48.4 Å². The Hall–Kier alpha value is -0.980. The zero-order valence-corrected chi connectivity index (χ0v) is 14.4. The lowest BCUT2D eigenvalue weighted by molar-refractivity contribution is 0.464. The Morgan fingerprint density at radius 2 is 1.33 bits per heavy atom. The molecule has 0 aliphatic heterocycles. The first kappa shape index (κ1) is 18.1. The normalized spacial score (nSPS) is 11.0. The van der Waals surface area contributed by atoms with Gasteiger partial charge >= 0.3 is 0 Å². The summed E-state index contributed by atoms with van der Waals surface area (Å²) in [5.74, 6) is 0.520. The number of benzene rings is 1. The van der Waals surface area contributed by atoms with E-state index in [1.165, 1.54) is 61.6 Å². The van der Waals surface area contributed by atoms with Crippen LogP contribution in [-0.2, 0) is 19.3 Å². The van der Waals surface area contributed by atoms with Gasteiger partial charge in [0, 0.05) is 0 Å². The molecule has 120 valence electrons. The molecule has 0 bridgehead atoms. The maximum Gasteiger partial charge on any atom is 0.119 e. The Morgan fingerprint density at radius 1 is 0.667 bits per heavy atom. The Balaban J connectivity index is 2.67. The van der Waals surface area contributed by atoms with Crippen LogP contribution in [0.3, 0.4) is 0 Å². The van der Waals surface area contributed by atoms with Crippen LogP contribution in [0.2, 0.25) is 0 Å². The SMILES string of the molecule is CCCCCCCCc1c(O)ccc(CCC)c1CCC. The molecule has 1 N–H and O–H groups in total. The van der Waals surface area contributed by atoms with E-state index in [9.17, 15) is 5.11 Å². The van der Waals surface area contributed by atoms with Crippen molar-refractivity contribution in [1.29, 1.82) is 0 Å². The fraction of sp³-hybridized carbons (Fsp3) is 0.700. The maximum absolute atomic E-state index is 10.3. The lowest BCUT2D eigenvalue weighted by atomic mass is 9.91. The van der Waals surface area contributed by atoms with Crippen molar-refractivity contribution in [2.75, 3.05) is 0 Å². The van der Waals surface area contributed by atoms with E-state index in [0.29, 0.717) is 5.75 Å². The predicted molar refractivity (Wildman–Crippen MR) is 93.2 cm³/mol. The Bertz CT molecular complexity index is 395. The highest BCUT2D eigenvalue weighted by molar-refractivity contribution is 5.45. The van der Waals surface area contributed by atoms with Crippen LogP contribution in [0.4, 0.5) is 0 Å². The summed E-state index contributed by atoms with van der Waals surface area (Å²) in [6, 6.07) is 4.05. The van der Waals surface area contributed by atoms with Gasteiger partial charge in [-0.2, -0.15) is 0 Å². The summed E-state index contributed by atoms with van der Waals surface area (Å²) < 4.78 is 0. The minimum absolute atomic E-state index is 0.520. The van der Waals surface area contributed by atoms with Gasteiger partial charge in [0.15, 0.2) is 0 Å². The fourth-order valence-corrected chi connectivity index (χ4v) is 3.16. The molecule has 1 heteroatoms. The van der Waals surface area contributed by atoms with E-state index in [1.807, 2.05) is 6.07 Å². The molecule has 1 aromatic rings. The smallest absolute Gasteiger partial charge is 0.119 e. The monoisotopic (exact) mass is 290 g/mol. The average molecular weight is 290 g/mol. The standard InChI is InChI=1S/C20H34O/c1-4-7-8-9-10-11-14-19-18(13-6-3)17(12-5-2)15-16-20(19)21/h15-16,21H,4-14H2,1-3H3. The molecule has 0 atom stereocenters. The highest BCUT2D eigenvalue weighted by Gasteiger charge is 2.11. The van der Waals surface area contributed by atoms with E-state index in [2.05, 4.69) is 26.8 Å². The molecular weight excluding hydrogens is 256 g/mol. The molecule has 21 heavy (non-hydrogen) atoms. The summed E-state index contributed by atoms with van der Waals surface area (Å²) >= 11 is 0. The molecule has 0 radical (unpaired) electrons. The van der Waals surface area contributed by atoms with Crippen molar-refractivity contribution in [2.45, 2.75) is 91.4 Å². The van der Waals surface area contributed by atoms with E-state index in [-0.39, 0.29) is 0 Å². The third-order valence-corrected chi connectivity index (χ3v) is 4.30. The molecule has 0 saturated heterocycles. The molecule has 0 amide bonds. The van der Waals surface area contributed by atoms with Gasteiger partial charge in [0.2, 0.25) is 0 Å². The van der Waals surface area contributed by atoms with Crippen molar-refractivity contribution in [3.05, 3.63) is 28.8 Å². The average Bonchev–Trinajstić information content (AvgIpc) is 2.48. The van der Waals surface area contributed by atoms with Gasteiger partial charge < -0.3 is 5.11 Å². The summed E-state index contributed by atoms with van der Waals surface area (Å²) in [6.07, 6.45) is 13.5. The number of aryl methyl sites for hydroxylation is 1. The molecule has 0 spiro atoms. The highest BCUT2D eigenvalue weighted by atomic mass is 16.3. The molecule has 0 fully saturated rings. The minimum Gasteiger partial charge on any atom is -0.508 e. The van der Waals surface area contributed by atoms with E-state index in [4.69, 9.17) is 0 Å². The molecule has 0 unspecified atom stereocenters. The molecule has 0 aliphatic rings. The van der Waals surface area contributed by atoms with Gasteiger partial charge in [-0.3, -0.25) is 0 Å². The number of unbranched alkanes of at least 4 members (excludes halogenated alkanes) is 5. The molecule has 0 aromatic heterocycles. The van der Waals surface area contributed by atoms with Gasteiger partial charge in [-0.15, -0.1) is 0 Å². The van der Waals surface area contributed by atoms with Gasteiger partial charge in [0.25, 0.3) is 0 Å². The van der Waals surface area contributed by atoms with Gasteiger partial charge in [0.1, 0.15) is 5.75 Å². The van der Waals surface area contributed by atoms with Crippen LogP contribution in [0.1, 0.15) is 88.8 Å². The number of phenolic OH excluding ortho intramolecular Hbond substituents is 1. The molecule has 1 aromatic carbocycles. The fourth-order valence-electron chi connectivity index (χ4n) is 3.16. The summed E-state index contributed by atoms with van der Waals surface area (Å²) in [5.41, 5.74) is 4.13. The Morgan fingerprint density at radius 3 is 2.00 bits per heavy atom. The second-order valence-electron chi connectivity index (χ2n) is 6.22. The van der Waals surface area contributed by atoms with Gasteiger partial charge in [-0.1, -0.05) is 71.8 Å². The summed E-state index contributed by atoms with van der Waals surface area (Å²) in [4.78, 5) is 0. The lowest BCUT2D eigenvalue weighted by Gasteiger charge is -2.16. The first-order valence-corrected chi connectivity index (χ1v) is 9.07. The minimum atomic E-state index is 0.520. The van der Waals surface area contributed by atoms with Crippen LogP contribution in [0, 0.1) is 0 Å². The number of hydrogen-bond acceptors (Lipinski definition) is 1. The van der Waals surface area contributed by atoms with Crippen LogP contribution in [0.25, 0.3) is 0 Å². The van der Waals surface area contributed by atoms with E-state index in [1.54, 1.807) is 0 Å². The van der Waals surface area contributed by atoms with Crippen LogP contribution in [0.5, 0.6) is 5.75 Å². The van der Waals surface area contributed by atoms with E-state index < -0.39 is 0 Å². The first-order valence-electron chi connectivity index (χ1n) is 9.07. The van der Waals surface area contributed by atoms with Crippen molar-refractivity contribution in [3.63, 3.8) is 0 Å². The lowest BCUT2D eigenvalue weighted by Crippen LogP contribution is -2.01. The second-order valence-corrected chi connectivity index (χ2v) is 6.22. The van der Waals surface area contributed by atoms with Gasteiger partial charge in [0.05, 0.1) is 0 Å². The number of aromatic hydroxyl groups is 1. The summed E-state index contributed by atoms with van der Waals surface area (Å²) in [7, 11) is 0. The number of rotatable bonds is 11. The summed E-state index contributed by atoms with van der Waals surface area (Å²) in [5, 5.41) is 10.3. The zero-order valence-electron chi connectivity index (χ0n) is 14.4. The molecule has 1 nitrogen and oxygen atoms in total. The van der Waals surface area contributed by atoms with Crippen molar-refractivity contribution in [2.24, 2.45) is 0 Å². The second kappa shape index (κ2) is 10.7. The van der Waals surface area contributed by atoms with Crippen molar-refractivity contribution < 1.29 is 5.11 Å². The molecule has 1 rings (SSSR count). The number of phenols is 1. The highest BCUT2D eigenvalue weighted by Crippen LogP contribution is 2.28. The van der Waals surface area contributed by atoms with Crippen molar-refractivity contribution >= 4 is 0 Å². The predicted octanol–water partition coefficient (Wildman–Crippen LogP) is 6.20. The van der Waals surface area contributed by atoms with Crippen LogP contribution < -0.4 is 0 Å². The summed E-state index contributed by atoms with van der Waals surface area (Å²) in [6.45, 7) is 6.72. The third kappa shape index (κ3) is 6.11. The van der Waals surface area contributed by atoms with Gasteiger partial charge in [-0.25, -0.2) is 0 Å². The Labute approximate surface area is 131 Å². The van der Waals surface area contributed by atoms with E-state index >= 15 is 0 Å². The third-order valence-electron chi connectivity index (χ3n) is 4.30. The largest absolute Gasteiger partial charge is 0.508 e. The number of hydrogen-bond donors (Lipinski definition) is 1. The van der Waals surface area contributed by atoms with Crippen LogP contribution >= 0.6 is 0 Å². The van der Waals surface area contributed by atoms with Crippen LogP contribution in [0.15, 0.2) is 12.1 Å².